The molecule has 1 N–H and O–H groups in total. The minimum absolute atomic E-state index is 0.428. The Morgan fingerprint density at radius 2 is 1.91 bits per heavy atom. The van der Waals surface area contributed by atoms with Gasteiger partial charge in [-0.3, -0.25) is 0 Å². The maximum absolute atomic E-state index is 11.6. The van der Waals surface area contributed by atoms with E-state index in [-0.39, 0.29) is 0 Å². The van der Waals surface area contributed by atoms with Gasteiger partial charge < -0.3 is 9.29 Å². The van der Waals surface area contributed by atoms with Crippen molar-refractivity contribution < 1.29 is 13.5 Å². The monoisotopic (exact) mass is 330 g/mol. The molecule has 0 spiro atoms. The Morgan fingerprint density at radius 3 is 2.48 bits per heavy atom. The van der Waals surface area contributed by atoms with Crippen LogP contribution in [0.1, 0.15) is 31.4 Å². The van der Waals surface area contributed by atoms with E-state index in [1.807, 2.05) is 63.3 Å². The van der Waals surface area contributed by atoms with Crippen LogP contribution in [0.15, 0.2) is 41.3 Å². The maximum Gasteiger partial charge on any atom is 0.187 e. The van der Waals surface area contributed by atoms with E-state index < -0.39 is 11.1 Å². The van der Waals surface area contributed by atoms with Crippen LogP contribution in [0.2, 0.25) is 0 Å². The van der Waals surface area contributed by atoms with Crippen LogP contribution in [0.5, 0.6) is 5.75 Å². The van der Waals surface area contributed by atoms with E-state index in [2.05, 4.69) is 0 Å². The molecule has 2 aromatic carbocycles. The third kappa shape index (κ3) is 4.09. The number of hydrogen-bond acceptors (Lipinski definition) is 2. The van der Waals surface area contributed by atoms with Gasteiger partial charge in [-0.05, 0) is 42.7 Å². The lowest BCUT2D eigenvalue weighted by Crippen LogP contribution is -2.31. The summed E-state index contributed by atoms with van der Waals surface area (Å²) in [6, 6.07) is 11.7. The first-order chi connectivity index (χ1) is 11.1. The van der Waals surface area contributed by atoms with Crippen LogP contribution in [-0.2, 0) is 17.7 Å². The first-order valence-corrected chi connectivity index (χ1v) is 8.76. The highest BCUT2D eigenvalue weighted by Gasteiger charge is 2.11. The lowest BCUT2D eigenvalue weighted by molar-refractivity contribution is 0.301. The summed E-state index contributed by atoms with van der Waals surface area (Å²) in [7, 11) is 0. The normalized spacial score (nSPS) is 14.1. The van der Waals surface area contributed by atoms with Gasteiger partial charge in [0, 0.05) is 5.22 Å². The third-order valence-electron chi connectivity index (χ3n) is 3.62. The number of hydrogen-bond donors (Lipinski definition) is 1. The topological polar surface area (TPSA) is 46.5 Å². The Morgan fingerprint density at radius 1 is 1.22 bits per heavy atom. The van der Waals surface area contributed by atoms with Gasteiger partial charge in [0.25, 0.3) is 0 Å². The molecule has 23 heavy (non-hydrogen) atoms. The van der Waals surface area contributed by atoms with Gasteiger partial charge in [0.15, 0.2) is 11.1 Å². The molecule has 2 rings (SSSR count). The molecule has 0 aliphatic rings. The Bertz CT molecular complexity index is 811. The fraction of sp³-hybridized carbons (Fsp3) is 0.263. The summed E-state index contributed by atoms with van der Waals surface area (Å²) in [5, 5.41) is 1.66. The van der Waals surface area contributed by atoms with E-state index in [0.717, 1.165) is 33.7 Å². The zero-order chi connectivity index (χ0) is 16.8. The molecule has 0 aliphatic heterocycles. The van der Waals surface area contributed by atoms with Gasteiger partial charge in [-0.15, -0.1) is 0 Å². The molecular weight excluding hydrogens is 308 g/mol. The second kappa shape index (κ2) is 8.09. The molecule has 0 fully saturated rings. The van der Waals surface area contributed by atoms with Crippen molar-refractivity contribution in [2.24, 2.45) is 0 Å². The molecule has 1 atom stereocenters. The highest BCUT2D eigenvalue weighted by atomic mass is 32.2. The summed E-state index contributed by atoms with van der Waals surface area (Å²) in [5.74, 6) is 0.776. The quantitative estimate of drug-likeness (QED) is 0.857. The summed E-state index contributed by atoms with van der Waals surface area (Å²) in [5.41, 5.74) is 1.95. The van der Waals surface area contributed by atoms with E-state index in [4.69, 9.17) is 4.74 Å². The average Bonchev–Trinajstić information content (AvgIpc) is 2.55. The average molecular weight is 330 g/mol. The van der Waals surface area contributed by atoms with Crippen LogP contribution in [0.25, 0.3) is 12.2 Å². The Hall–Kier alpha value is -1.91. The molecule has 2 aromatic rings. The van der Waals surface area contributed by atoms with Crippen molar-refractivity contribution in [1.82, 2.24) is 0 Å². The van der Waals surface area contributed by atoms with Crippen molar-refractivity contribution >= 4 is 23.2 Å². The van der Waals surface area contributed by atoms with Gasteiger partial charge in [-0.25, -0.2) is 4.21 Å². The standard InChI is InChI=1S/C19H22O3S/c1-4-9-17-16(5-2)18(23(20)21)12-14(3)19(17)22-13-15-10-7-6-8-11-15/h5-12H,4,13H2,1-3H3,(H,20,21)/b16-5+,17-9+. The van der Waals surface area contributed by atoms with E-state index in [9.17, 15) is 8.76 Å². The summed E-state index contributed by atoms with van der Waals surface area (Å²) in [4.78, 5) is 0.428. The highest BCUT2D eigenvalue weighted by molar-refractivity contribution is 7.79. The minimum Gasteiger partial charge on any atom is -0.488 e. The number of aryl methyl sites for hydroxylation is 1. The highest BCUT2D eigenvalue weighted by Crippen LogP contribution is 2.15. The van der Waals surface area contributed by atoms with Gasteiger partial charge in [-0.1, -0.05) is 49.4 Å². The second-order valence-electron chi connectivity index (χ2n) is 5.27. The minimum atomic E-state index is -2.02. The van der Waals surface area contributed by atoms with Crippen molar-refractivity contribution in [3.05, 3.63) is 58.0 Å². The molecule has 0 aromatic heterocycles. The summed E-state index contributed by atoms with van der Waals surface area (Å²) < 4.78 is 27.2. The Labute approximate surface area is 139 Å². The van der Waals surface area contributed by atoms with Gasteiger partial charge in [0.1, 0.15) is 12.4 Å². The first-order valence-electron chi connectivity index (χ1n) is 7.66. The first kappa shape index (κ1) is 17.4. The molecule has 0 aliphatic carbocycles. The summed E-state index contributed by atoms with van der Waals surface area (Å²) >= 11 is -2.02. The van der Waals surface area contributed by atoms with Crippen molar-refractivity contribution in [1.29, 1.82) is 0 Å². The molecule has 1 unspecified atom stereocenters. The predicted octanol–water partition coefficient (Wildman–Crippen LogP) is 3.15. The number of benzene rings is 2. The number of rotatable bonds is 5. The Kier molecular flexibility index (Phi) is 6.13. The third-order valence-corrected chi connectivity index (χ3v) is 4.33. The van der Waals surface area contributed by atoms with E-state index in [0.29, 0.717) is 11.5 Å². The van der Waals surface area contributed by atoms with E-state index >= 15 is 0 Å². The second-order valence-corrected chi connectivity index (χ2v) is 6.21. The van der Waals surface area contributed by atoms with Crippen molar-refractivity contribution in [3.63, 3.8) is 0 Å². The van der Waals surface area contributed by atoms with Crippen LogP contribution < -0.4 is 15.2 Å². The predicted molar refractivity (Wildman–Crippen MR) is 95.1 cm³/mol. The molecule has 0 bridgehead atoms. The van der Waals surface area contributed by atoms with Crippen LogP contribution in [0, 0.1) is 6.92 Å². The molecule has 122 valence electrons. The van der Waals surface area contributed by atoms with Crippen LogP contribution in [-0.4, -0.2) is 8.76 Å². The summed E-state index contributed by atoms with van der Waals surface area (Å²) in [6.07, 6.45) is 4.72. The van der Waals surface area contributed by atoms with Gasteiger partial charge in [0.05, 0.1) is 4.90 Å². The zero-order valence-electron chi connectivity index (χ0n) is 13.7. The summed E-state index contributed by atoms with van der Waals surface area (Å²) in [6.45, 7) is 6.29. The fourth-order valence-electron chi connectivity index (χ4n) is 2.58. The molecule has 0 amide bonds. The smallest absolute Gasteiger partial charge is 0.187 e. The van der Waals surface area contributed by atoms with E-state index in [1.165, 1.54) is 0 Å². The van der Waals surface area contributed by atoms with Crippen molar-refractivity contribution in [2.45, 2.75) is 38.7 Å². The molecule has 0 saturated heterocycles. The van der Waals surface area contributed by atoms with Gasteiger partial charge >= 0.3 is 0 Å². The molecule has 0 heterocycles. The lowest BCUT2D eigenvalue weighted by atomic mass is 10.1. The van der Waals surface area contributed by atoms with Crippen molar-refractivity contribution in [2.75, 3.05) is 0 Å². The molecular formula is C19H22O3S. The fourth-order valence-corrected chi connectivity index (χ4v) is 3.27. The molecule has 0 saturated carbocycles. The SMILES string of the molecule is C/C=c1/c(S(=O)O)cc(C)c(OCc2ccccc2)/c1=C/CC. The Balaban J connectivity index is 2.55. The number of ether oxygens (including phenoxy) is 1. The lowest BCUT2D eigenvalue weighted by Gasteiger charge is -2.13. The zero-order valence-corrected chi connectivity index (χ0v) is 14.5. The van der Waals surface area contributed by atoms with E-state index in [1.54, 1.807) is 6.07 Å². The van der Waals surface area contributed by atoms with Gasteiger partial charge in [-0.2, -0.15) is 0 Å². The van der Waals surface area contributed by atoms with Crippen LogP contribution in [0.4, 0.5) is 0 Å². The van der Waals surface area contributed by atoms with Gasteiger partial charge in [0.2, 0.25) is 0 Å². The largest absolute Gasteiger partial charge is 0.488 e. The van der Waals surface area contributed by atoms with Crippen LogP contribution >= 0.6 is 0 Å². The van der Waals surface area contributed by atoms with Crippen LogP contribution in [0.3, 0.4) is 0 Å². The molecule has 3 nitrogen and oxygen atoms in total. The van der Waals surface area contributed by atoms with Crippen molar-refractivity contribution in [3.8, 4) is 5.75 Å². The molecule has 0 radical (unpaired) electrons. The molecule has 4 heteroatoms. The maximum atomic E-state index is 11.6.